The number of aryl methyl sites for hydroxylation is 1. The minimum Gasteiger partial charge on any atom is -0.342 e. The van der Waals surface area contributed by atoms with Gasteiger partial charge in [-0.3, -0.25) is 9.78 Å². The number of hydrogen-bond donors (Lipinski definition) is 1. The van der Waals surface area contributed by atoms with Gasteiger partial charge in [-0.05, 0) is 49.6 Å². The second kappa shape index (κ2) is 8.17. The summed E-state index contributed by atoms with van der Waals surface area (Å²) in [7, 11) is 0. The number of carbonyl (C=O) groups is 1. The summed E-state index contributed by atoms with van der Waals surface area (Å²) in [5.74, 6) is 1.58. The van der Waals surface area contributed by atoms with Gasteiger partial charge in [0.05, 0.1) is 6.42 Å². The number of rotatable bonds is 5. The van der Waals surface area contributed by atoms with E-state index in [9.17, 15) is 4.79 Å². The highest BCUT2D eigenvalue weighted by atomic mass is 16.2. The highest BCUT2D eigenvalue weighted by Gasteiger charge is 2.17. The lowest BCUT2D eigenvalue weighted by atomic mass is 10.1. The van der Waals surface area contributed by atoms with E-state index in [2.05, 4.69) is 20.3 Å². The molecule has 0 spiro atoms. The molecule has 1 amide bonds. The highest BCUT2D eigenvalue weighted by Crippen LogP contribution is 2.21. The molecule has 0 radical (unpaired) electrons. The van der Waals surface area contributed by atoms with Crippen LogP contribution in [0.25, 0.3) is 11.4 Å². The highest BCUT2D eigenvalue weighted by molar-refractivity contribution is 5.79. The quantitative estimate of drug-likeness (QED) is 0.737. The van der Waals surface area contributed by atoms with Crippen molar-refractivity contribution in [2.45, 2.75) is 26.2 Å². The first-order chi connectivity index (χ1) is 13.7. The number of carbonyl (C=O) groups excluding carboxylic acids is 1. The van der Waals surface area contributed by atoms with E-state index in [1.54, 1.807) is 12.4 Å². The molecule has 1 aliphatic heterocycles. The molecule has 1 aromatic carbocycles. The minimum absolute atomic E-state index is 0.214. The Hall–Kier alpha value is -3.28. The molecule has 3 aromatic rings. The Balaban J connectivity index is 1.45. The van der Waals surface area contributed by atoms with Crippen molar-refractivity contribution in [1.29, 1.82) is 0 Å². The van der Waals surface area contributed by atoms with Gasteiger partial charge in [0.15, 0.2) is 5.82 Å². The van der Waals surface area contributed by atoms with Crippen LogP contribution in [0.5, 0.6) is 0 Å². The van der Waals surface area contributed by atoms with Crippen molar-refractivity contribution in [1.82, 2.24) is 19.9 Å². The maximum atomic E-state index is 12.3. The number of benzene rings is 1. The lowest BCUT2D eigenvalue weighted by molar-refractivity contribution is -0.129. The van der Waals surface area contributed by atoms with Crippen molar-refractivity contribution in [2.75, 3.05) is 18.4 Å². The molecule has 28 heavy (non-hydrogen) atoms. The molecule has 3 heterocycles. The van der Waals surface area contributed by atoms with E-state index in [4.69, 9.17) is 0 Å². The molecule has 1 saturated heterocycles. The van der Waals surface area contributed by atoms with Gasteiger partial charge in [0.2, 0.25) is 5.91 Å². The zero-order valence-electron chi connectivity index (χ0n) is 15.9. The SMILES string of the molecule is Cc1cc(Nc2ccc(CC(=O)N3CCCC3)cc2)nc(-c2cccnc2)n1. The molecule has 0 saturated carbocycles. The maximum Gasteiger partial charge on any atom is 0.226 e. The van der Waals surface area contributed by atoms with E-state index in [0.29, 0.717) is 12.2 Å². The number of aromatic nitrogens is 3. The number of amides is 1. The van der Waals surface area contributed by atoms with Gasteiger partial charge >= 0.3 is 0 Å². The largest absolute Gasteiger partial charge is 0.342 e. The van der Waals surface area contributed by atoms with Crippen LogP contribution in [0.1, 0.15) is 24.1 Å². The van der Waals surface area contributed by atoms with Crippen LogP contribution in [0.4, 0.5) is 11.5 Å². The summed E-state index contributed by atoms with van der Waals surface area (Å²) in [6.45, 7) is 3.73. The normalized spacial score (nSPS) is 13.5. The fraction of sp³-hybridized carbons (Fsp3) is 0.273. The van der Waals surface area contributed by atoms with E-state index in [1.807, 2.05) is 54.3 Å². The third-order valence-corrected chi connectivity index (χ3v) is 4.81. The first kappa shape index (κ1) is 18.1. The van der Waals surface area contributed by atoms with Crippen LogP contribution < -0.4 is 5.32 Å². The topological polar surface area (TPSA) is 71.0 Å². The lowest BCUT2D eigenvalue weighted by Crippen LogP contribution is -2.29. The third-order valence-electron chi connectivity index (χ3n) is 4.81. The summed E-state index contributed by atoms with van der Waals surface area (Å²) in [6, 6.07) is 13.7. The summed E-state index contributed by atoms with van der Waals surface area (Å²) in [5, 5.41) is 3.32. The first-order valence-electron chi connectivity index (χ1n) is 9.57. The van der Waals surface area contributed by atoms with Crippen LogP contribution in [0.15, 0.2) is 54.9 Å². The molecular formula is C22H23N5O. The van der Waals surface area contributed by atoms with E-state index in [0.717, 1.165) is 54.3 Å². The van der Waals surface area contributed by atoms with E-state index < -0.39 is 0 Å². The molecule has 6 heteroatoms. The first-order valence-corrected chi connectivity index (χ1v) is 9.57. The summed E-state index contributed by atoms with van der Waals surface area (Å²) < 4.78 is 0. The predicted molar refractivity (Wildman–Crippen MR) is 109 cm³/mol. The molecule has 0 bridgehead atoms. The van der Waals surface area contributed by atoms with Gasteiger partial charge < -0.3 is 10.2 Å². The number of hydrogen-bond acceptors (Lipinski definition) is 5. The number of anilines is 2. The zero-order chi connectivity index (χ0) is 19.3. The molecule has 0 atom stereocenters. The van der Waals surface area contributed by atoms with Crippen molar-refractivity contribution in [2.24, 2.45) is 0 Å². The van der Waals surface area contributed by atoms with Crippen molar-refractivity contribution in [3.05, 3.63) is 66.1 Å². The second-order valence-electron chi connectivity index (χ2n) is 7.05. The van der Waals surface area contributed by atoms with Gasteiger partial charge in [0, 0.05) is 48.5 Å². The Morgan fingerprint density at radius 3 is 2.61 bits per heavy atom. The molecule has 1 N–H and O–H groups in total. The molecule has 1 fully saturated rings. The number of nitrogens with zero attached hydrogens (tertiary/aromatic N) is 4. The Labute approximate surface area is 164 Å². The molecule has 0 aliphatic carbocycles. The smallest absolute Gasteiger partial charge is 0.226 e. The Kier molecular flexibility index (Phi) is 5.28. The van der Waals surface area contributed by atoms with Crippen molar-refractivity contribution in [3.8, 4) is 11.4 Å². The summed E-state index contributed by atoms with van der Waals surface area (Å²) in [4.78, 5) is 27.5. The molecule has 1 aliphatic rings. The molecule has 142 valence electrons. The van der Waals surface area contributed by atoms with Crippen LogP contribution in [0.3, 0.4) is 0 Å². The second-order valence-corrected chi connectivity index (χ2v) is 7.05. The Morgan fingerprint density at radius 1 is 1.11 bits per heavy atom. The van der Waals surface area contributed by atoms with Gasteiger partial charge in [-0.2, -0.15) is 0 Å². The van der Waals surface area contributed by atoms with Gasteiger partial charge in [0.25, 0.3) is 0 Å². The number of nitrogens with one attached hydrogen (secondary N) is 1. The minimum atomic E-state index is 0.214. The van der Waals surface area contributed by atoms with Crippen molar-refractivity contribution >= 4 is 17.4 Å². The average molecular weight is 373 g/mol. The average Bonchev–Trinajstić information content (AvgIpc) is 3.25. The molecule has 6 nitrogen and oxygen atoms in total. The summed E-state index contributed by atoms with van der Waals surface area (Å²) >= 11 is 0. The Bertz CT molecular complexity index is 950. The summed E-state index contributed by atoms with van der Waals surface area (Å²) in [5.41, 5.74) is 3.71. The van der Waals surface area contributed by atoms with E-state index in [1.165, 1.54) is 0 Å². The van der Waals surface area contributed by atoms with Crippen LogP contribution >= 0.6 is 0 Å². The zero-order valence-corrected chi connectivity index (χ0v) is 15.9. The van der Waals surface area contributed by atoms with Crippen molar-refractivity contribution < 1.29 is 4.79 Å². The standard InChI is InChI=1S/C22H23N5O/c1-16-13-20(26-22(24-16)18-5-4-10-23-15-18)25-19-8-6-17(7-9-19)14-21(28)27-11-2-3-12-27/h4-10,13,15H,2-3,11-12,14H2,1H3,(H,24,25,26). The molecule has 2 aromatic heterocycles. The van der Waals surface area contributed by atoms with E-state index >= 15 is 0 Å². The summed E-state index contributed by atoms with van der Waals surface area (Å²) in [6.07, 6.45) is 6.18. The van der Waals surface area contributed by atoms with Crippen molar-refractivity contribution in [3.63, 3.8) is 0 Å². The van der Waals surface area contributed by atoms with Gasteiger partial charge in [-0.25, -0.2) is 9.97 Å². The fourth-order valence-electron chi connectivity index (χ4n) is 3.36. The van der Waals surface area contributed by atoms with Crippen LogP contribution in [0, 0.1) is 6.92 Å². The van der Waals surface area contributed by atoms with Gasteiger partial charge in [0.1, 0.15) is 5.82 Å². The van der Waals surface area contributed by atoms with E-state index in [-0.39, 0.29) is 5.91 Å². The lowest BCUT2D eigenvalue weighted by Gasteiger charge is -2.15. The van der Waals surface area contributed by atoms with Gasteiger partial charge in [-0.15, -0.1) is 0 Å². The maximum absolute atomic E-state index is 12.3. The van der Waals surface area contributed by atoms with Crippen LogP contribution in [0.2, 0.25) is 0 Å². The molecule has 0 unspecified atom stereocenters. The van der Waals surface area contributed by atoms with Crippen LogP contribution in [-0.2, 0) is 11.2 Å². The third kappa shape index (κ3) is 4.34. The number of likely N-dealkylation sites (tertiary alicyclic amines) is 1. The molecule has 4 rings (SSSR count). The van der Waals surface area contributed by atoms with Gasteiger partial charge in [-0.1, -0.05) is 12.1 Å². The number of pyridine rings is 1. The molecular weight excluding hydrogens is 350 g/mol. The Morgan fingerprint density at radius 2 is 1.89 bits per heavy atom. The monoisotopic (exact) mass is 373 g/mol. The van der Waals surface area contributed by atoms with Crippen LogP contribution in [-0.4, -0.2) is 38.8 Å². The fourth-order valence-corrected chi connectivity index (χ4v) is 3.36. The predicted octanol–water partition coefficient (Wildman–Crippen LogP) is 3.76.